The Balaban J connectivity index is 2.27. The van der Waals surface area contributed by atoms with Gasteiger partial charge in [0.25, 0.3) is 0 Å². The summed E-state index contributed by atoms with van der Waals surface area (Å²) in [4.78, 5) is 10.8. The highest BCUT2D eigenvalue weighted by Crippen LogP contribution is 2.58. The van der Waals surface area contributed by atoms with Gasteiger partial charge in [-0.05, 0) is 36.5 Å². The number of carbonyl (C=O) groups is 1. The molecule has 0 heterocycles. The second-order valence-corrected chi connectivity index (χ2v) is 4.75. The summed E-state index contributed by atoms with van der Waals surface area (Å²) >= 11 is 0. The highest BCUT2D eigenvalue weighted by molar-refractivity contribution is 5.57. The van der Waals surface area contributed by atoms with Gasteiger partial charge in [0.15, 0.2) is 0 Å². The molecule has 0 saturated heterocycles. The van der Waals surface area contributed by atoms with Crippen LogP contribution in [0.25, 0.3) is 0 Å². The van der Waals surface area contributed by atoms with Gasteiger partial charge in [-0.3, -0.25) is 0 Å². The predicted molar refractivity (Wildman–Crippen MR) is 44.2 cm³/mol. The summed E-state index contributed by atoms with van der Waals surface area (Å²) < 4.78 is 0. The normalized spacial score (nSPS) is 46.2. The number of carbonyl (C=O) groups excluding carboxylic acids is 1. The van der Waals surface area contributed by atoms with Gasteiger partial charge in [0.05, 0.1) is 0 Å². The van der Waals surface area contributed by atoms with Gasteiger partial charge in [-0.2, -0.15) is 0 Å². The van der Waals surface area contributed by atoms with E-state index in [1.165, 1.54) is 25.5 Å². The fourth-order valence-corrected chi connectivity index (χ4v) is 3.18. The van der Waals surface area contributed by atoms with Crippen molar-refractivity contribution in [2.75, 3.05) is 0 Å². The predicted octanol–water partition coefficient (Wildman–Crippen LogP) is 2.26. The Morgan fingerprint density at radius 1 is 1.36 bits per heavy atom. The van der Waals surface area contributed by atoms with E-state index in [0.717, 1.165) is 11.8 Å². The lowest BCUT2D eigenvalue weighted by molar-refractivity contribution is -0.116. The van der Waals surface area contributed by atoms with Gasteiger partial charge in [-0.15, -0.1) is 0 Å². The van der Waals surface area contributed by atoms with Gasteiger partial charge in [0, 0.05) is 5.92 Å². The summed E-state index contributed by atoms with van der Waals surface area (Å²) in [5, 5.41) is 0. The van der Waals surface area contributed by atoms with Crippen LogP contribution >= 0.6 is 0 Å². The molecule has 0 aromatic rings. The van der Waals surface area contributed by atoms with Crippen molar-refractivity contribution in [3.8, 4) is 0 Å². The maximum Gasteiger partial charge on any atom is 0.123 e. The molecule has 2 bridgehead atoms. The highest BCUT2D eigenvalue weighted by Gasteiger charge is 2.52. The lowest BCUT2D eigenvalue weighted by atomic mass is 9.69. The van der Waals surface area contributed by atoms with Crippen molar-refractivity contribution in [2.45, 2.75) is 33.1 Å². The van der Waals surface area contributed by atoms with Crippen molar-refractivity contribution >= 4 is 6.29 Å². The van der Waals surface area contributed by atoms with Gasteiger partial charge in [-0.25, -0.2) is 0 Å². The average Bonchev–Trinajstić information content (AvgIpc) is 2.44. The largest absolute Gasteiger partial charge is 0.303 e. The molecule has 0 N–H and O–H groups in total. The molecule has 2 rings (SSSR count). The molecule has 0 radical (unpaired) electrons. The van der Waals surface area contributed by atoms with Crippen LogP contribution in [-0.2, 0) is 4.79 Å². The maximum absolute atomic E-state index is 10.8. The number of hydrogen-bond donors (Lipinski definition) is 0. The summed E-state index contributed by atoms with van der Waals surface area (Å²) in [7, 11) is 0. The standard InChI is InChI=1S/C10H16O/c1-10(2)8-4-3-7(5-8)9(10)6-11/h6-9H,3-5H2,1-2H3/t7-,8+,9+/m1/s1. The van der Waals surface area contributed by atoms with E-state index >= 15 is 0 Å². The third-order valence-corrected chi connectivity index (χ3v) is 4.04. The Morgan fingerprint density at radius 2 is 2.09 bits per heavy atom. The zero-order valence-electron chi connectivity index (χ0n) is 7.34. The van der Waals surface area contributed by atoms with Crippen LogP contribution in [0.15, 0.2) is 0 Å². The number of hydrogen-bond acceptors (Lipinski definition) is 1. The molecule has 2 aliphatic rings. The minimum atomic E-state index is 0.310. The van der Waals surface area contributed by atoms with Crippen molar-refractivity contribution < 1.29 is 4.79 Å². The molecule has 11 heavy (non-hydrogen) atoms. The van der Waals surface area contributed by atoms with Gasteiger partial charge in [-0.1, -0.05) is 13.8 Å². The van der Waals surface area contributed by atoms with Crippen molar-refractivity contribution in [1.29, 1.82) is 0 Å². The first-order chi connectivity index (χ1) is 5.16. The van der Waals surface area contributed by atoms with Crippen molar-refractivity contribution in [3.05, 3.63) is 0 Å². The molecule has 2 aliphatic carbocycles. The fourth-order valence-electron chi connectivity index (χ4n) is 3.18. The quantitative estimate of drug-likeness (QED) is 0.527. The Morgan fingerprint density at radius 3 is 2.45 bits per heavy atom. The highest BCUT2D eigenvalue weighted by atomic mass is 16.1. The summed E-state index contributed by atoms with van der Waals surface area (Å²) in [5.41, 5.74) is 0.310. The number of fused-ring (bicyclic) bond motifs is 2. The zero-order valence-corrected chi connectivity index (χ0v) is 7.34. The first-order valence-electron chi connectivity index (χ1n) is 4.61. The molecule has 0 amide bonds. The zero-order chi connectivity index (χ0) is 8.06. The smallest absolute Gasteiger partial charge is 0.123 e. The summed E-state index contributed by atoms with van der Waals surface area (Å²) in [5.74, 6) is 1.93. The van der Waals surface area contributed by atoms with Crippen molar-refractivity contribution in [1.82, 2.24) is 0 Å². The van der Waals surface area contributed by atoms with Gasteiger partial charge < -0.3 is 4.79 Å². The minimum absolute atomic E-state index is 0.310. The molecule has 1 heteroatoms. The van der Waals surface area contributed by atoms with Crippen LogP contribution in [0.2, 0.25) is 0 Å². The van der Waals surface area contributed by atoms with Gasteiger partial charge in [0.2, 0.25) is 0 Å². The third-order valence-electron chi connectivity index (χ3n) is 4.04. The number of aldehydes is 1. The molecule has 2 fully saturated rings. The second kappa shape index (κ2) is 2.09. The van der Waals surface area contributed by atoms with Crippen LogP contribution < -0.4 is 0 Å². The Bertz CT molecular complexity index is 183. The monoisotopic (exact) mass is 152 g/mol. The van der Waals surface area contributed by atoms with Crippen LogP contribution in [0.4, 0.5) is 0 Å². The molecule has 0 aromatic heterocycles. The summed E-state index contributed by atoms with van der Waals surface area (Å²) in [6.07, 6.45) is 5.18. The molecule has 0 aromatic carbocycles. The van der Waals surface area contributed by atoms with Gasteiger partial charge >= 0.3 is 0 Å². The Hall–Kier alpha value is -0.330. The molecule has 62 valence electrons. The molecular weight excluding hydrogens is 136 g/mol. The van der Waals surface area contributed by atoms with Crippen LogP contribution in [0.5, 0.6) is 0 Å². The molecule has 1 nitrogen and oxygen atoms in total. The van der Waals surface area contributed by atoms with E-state index < -0.39 is 0 Å². The summed E-state index contributed by atoms with van der Waals surface area (Å²) in [6.45, 7) is 4.52. The molecular formula is C10H16O. The van der Waals surface area contributed by atoms with E-state index in [9.17, 15) is 4.79 Å². The van der Waals surface area contributed by atoms with Crippen molar-refractivity contribution in [3.63, 3.8) is 0 Å². The topological polar surface area (TPSA) is 17.1 Å². The first kappa shape index (κ1) is 7.33. The third kappa shape index (κ3) is 0.800. The van der Waals surface area contributed by atoms with E-state index in [2.05, 4.69) is 13.8 Å². The number of rotatable bonds is 1. The van der Waals surface area contributed by atoms with Gasteiger partial charge in [0.1, 0.15) is 6.29 Å². The lowest BCUT2D eigenvalue weighted by Crippen LogP contribution is -2.31. The lowest BCUT2D eigenvalue weighted by Gasteiger charge is -2.34. The van der Waals surface area contributed by atoms with E-state index in [0.29, 0.717) is 11.3 Å². The molecule has 0 aliphatic heterocycles. The van der Waals surface area contributed by atoms with Crippen molar-refractivity contribution in [2.24, 2.45) is 23.2 Å². The van der Waals surface area contributed by atoms with Crippen LogP contribution in [0, 0.1) is 23.2 Å². The van der Waals surface area contributed by atoms with E-state index in [4.69, 9.17) is 0 Å². The Labute approximate surface area is 68.2 Å². The molecule has 0 unspecified atom stereocenters. The second-order valence-electron chi connectivity index (χ2n) is 4.75. The summed E-state index contributed by atoms with van der Waals surface area (Å²) in [6, 6.07) is 0. The SMILES string of the molecule is CC1(C)[C@H]2CC[C@H](C2)[C@@H]1C=O. The van der Waals surface area contributed by atoms with E-state index in [1.807, 2.05) is 0 Å². The minimum Gasteiger partial charge on any atom is -0.303 e. The molecule has 3 atom stereocenters. The van der Waals surface area contributed by atoms with Crippen LogP contribution in [0.3, 0.4) is 0 Å². The Kier molecular flexibility index (Phi) is 1.39. The van der Waals surface area contributed by atoms with Crippen LogP contribution in [0.1, 0.15) is 33.1 Å². The first-order valence-corrected chi connectivity index (χ1v) is 4.61. The van der Waals surface area contributed by atoms with E-state index in [-0.39, 0.29) is 0 Å². The molecule has 0 spiro atoms. The average molecular weight is 152 g/mol. The maximum atomic E-state index is 10.8. The van der Waals surface area contributed by atoms with E-state index in [1.54, 1.807) is 0 Å². The van der Waals surface area contributed by atoms with Crippen LogP contribution in [-0.4, -0.2) is 6.29 Å². The molecule has 2 saturated carbocycles. The fraction of sp³-hybridized carbons (Fsp3) is 0.900.